The lowest BCUT2D eigenvalue weighted by atomic mass is 10.3. The molecule has 0 saturated heterocycles. The molecule has 20 heavy (non-hydrogen) atoms. The molecule has 0 aliphatic carbocycles. The van der Waals surface area contributed by atoms with E-state index in [-0.39, 0.29) is 0 Å². The molecule has 1 aromatic heterocycles. The third-order valence-corrected chi connectivity index (χ3v) is 3.06. The first-order chi connectivity index (χ1) is 9.63. The predicted molar refractivity (Wildman–Crippen MR) is 80.0 cm³/mol. The molecule has 1 N–H and O–H groups in total. The summed E-state index contributed by atoms with van der Waals surface area (Å²) in [5.41, 5.74) is 0.770. The number of halogens is 1. The van der Waals surface area contributed by atoms with Gasteiger partial charge in [-0.2, -0.15) is 5.26 Å². The van der Waals surface area contributed by atoms with Gasteiger partial charge in [0.2, 0.25) is 0 Å². The van der Waals surface area contributed by atoms with Crippen LogP contribution in [0.5, 0.6) is 5.75 Å². The van der Waals surface area contributed by atoms with Crippen molar-refractivity contribution in [1.29, 1.82) is 5.26 Å². The smallest absolute Gasteiger partial charge is 0.185 e. The molecular formula is C13H12BrN5O. The van der Waals surface area contributed by atoms with Crippen LogP contribution in [0, 0.1) is 11.5 Å². The minimum Gasteiger partial charge on any atom is -0.495 e. The fraction of sp³-hybridized carbons (Fsp3) is 0.154. The van der Waals surface area contributed by atoms with Crippen LogP contribution in [0.15, 0.2) is 35.1 Å². The Morgan fingerprint density at radius 2 is 2.15 bits per heavy atom. The molecule has 0 aliphatic heterocycles. The second-order valence-corrected chi connectivity index (χ2v) is 4.81. The highest BCUT2D eigenvalue weighted by atomic mass is 79.9. The molecule has 0 bridgehead atoms. The van der Waals surface area contributed by atoms with Crippen molar-refractivity contribution < 1.29 is 4.74 Å². The van der Waals surface area contributed by atoms with Crippen molar-refractivity contribution in [3.63, 3.8) is 0 Å². The minimum absolute atomic E-state index is 0.513. The van der Waals surface area contributed by atoms with Crippen molar-refractivity contribution in [2.75, 3.05) is 24.4 Å². The Morgan fingerprint density at radius 3 is 2.85 bits per heavy atom. The first kappa shape index (κ1) is 14.1. The van der Waals surface area contributed by atoms with E-state index in [1.54, 1.807) is 20.2 Å². The highest BCUT2D eigenvalue weighted by Gasteiger charge is 2.07. The number of hydrogen-bond donors (Lipinski definition) is 1. The third kappa shape index (κ3) is 3.16. The van der Waals surface area contributed by atoms with E-state index in [1.165, 1.54) is 11.2 Å². The fourth-order valence-electron chi connectivity index (χ4n) is 1.57. The van der Waals surface area contributed by atoms with Crippen molar-refractivity contribution in [1.82, 2.24) is 9.97 Å². The van der Waals surface area contributed by atoms with Crippen LogP contribution in [0.25, 0.3) is 0 Å². The van der Waals surface area contributed by atoms with E-state index in [9.17, 15) is 0 Å². The van der Waals surface area contributed by atoms with Crippen LogP contribution in [0.1, 0.15) is 0 Å². The van der Waals surface area contributed by atoms with Gasteiger partial charge >= 0.3 is 0 Å². The summed E-state index contributed by atoms with van der Waals surface area (Å²) in [7, 11) is 3.23. The number of aromatic nitrogens is 2. The fourth-order valence-corrected chi connectivity index (χ4v) is 1.93. The number of nitriles is 1. The number of methoxy groups -OCH3 is 1. The first-order valence-electron chi connectivity index (χ1n) is 5.70. The minimum atomic E-state index is 0.513. The van der Waals surface area contributed by atoms with Gasteiger partial charge in [0.05, 0.1) is 12.8 Å². The van der Waals surface area contributed by atoms with Gasteiger partial charge in [-0.05, 0) is 18.2 Å². The summed E-state index contributed by atoms with van der Waals surface area (Å²) in [5.74, 6) is 1.79. The van der Waals surface area contributed by atoms with Gasteiger partial charge in [0.15, 0.2) is 6.19 Å². The number of nitrogens with one attached hydrogen (secondary N) is 1. The maximum absolute atomic E-state index is 8.86. The van der Waals surface area contributed by atoms with Crippen LogP contribution < -0.4 is 15.0 Å². The quantitative estimate of drug-likeness (QED) is 0.685. The van der Waals surface area contributed by atoms with Crippen LogP contribution >= 0.6 is 15.9 Å². The Hall–Kier alpha value is -2.33. The summed E-state index contributed by atoms with van der Waals surface area (Å²) in [6.45, 7) is 0. The van der Waals surface area contributed by atoms with Gasteiger partial charge in [-0.1, -0.05) is 15.9 Å². The van der Waals surface area contributed by atoms with Crippen LogP contribution in [-0.4, -0.2) is 24.1 Å². The van der Waals surface area contributed by atoms with E-state index >= 15 is 0 Å². The van der Waals surface area contributed by atoms with Gasteiger partial charge in [0, 0.05) is 17.6 Å². The second-order valence-electron chi connectivity index (χ2n) is 3.89. The van der Waals surface area contributed by atoms with E-state index in [2.05, 4.69) is 31.2 Å². The molecule has 2 aromatic rings. The van der Waals surface area contributed by atoms with Gasteiger partial charge in [-0.25, -0.2) is 9.97 Å². The SMILES string of the molecule is COc1ccc(Br)cc1Nc1cc(N(C)C#N)ncn1. The molecule has 1 aromatic carbocycles. The highest BCUT2D eigenvalue weighted by molar-refractivity contribution is 9.10. The van der Waals surface area contributed by atoms with Gasteiger partial charge in [-0.3, -0.25) is 4.90 Å². The van der Waals surface area contributed by atoms with Gasteiger partial charge in [0.25, 0.3) is 0 Å². The summed E-state index contributed by atoms with van der Waals surface area (Å²) >= 11 is 3.41. The summed E-state index contributed by atoms with van der Waals surface area (Å²) in [5, 5.41) is 12.0. The highest BCUT2D eigenvalue weighted by Crippen LogP contribution is 2.30. The predicted octanol–water partition coefficient (Wildman–Crippen LogP) is 2.91. The Kier molecular flexibility index (Phi) is 4.38. The molecule has 0 spiro atoms. The van der Waals surface area contributed by atoms with Gasteiger partial charge in [-0.15, -0.1) is 0 Å². The molecule has 0 radical (unpaired) electrons. The summed E-state index contributed by atoms with van der Waals surface area (Å²) in [6, 6.07) is 7.30. The largest absolute Gasteiger partial charge is 0.495 e. The number of ether oxygens (including phenoxy) is 1. The zero-order chi connectivity index (χ0) is 14.5. The molecular weight excluding hydrogens is 322 g/mol. The van der Waals surface area contributed by atoms with E-state index in [0.29, 0.717) is 17.4 Å². The number of hydrogen-bond acceptors (Lipinski definition) is 6. The van der Waals surface area contributed by atoms with E-state index in [0.717, 1.165) is 10.2 Å². The van der Waals surface area contributed by atoms with Crippen molar-refractivity contribution >= 4 is 33.3 Å². The van der Waals surface area contributed by atoms with E-state index < -0.39 is 0 Å². The zero-order valence-electron chi connectivity index (χ0n) is 11.0. The van der Waals surface area contributed by atoms with Crippen molar-refractivity contribution in [2.24, 2.45) is 0 Å². The molecule has 1 heterocycles. The summed E-state index contributed by atoms with van der Waals surface area (Å²) in [4.78, 5) is 9.50. The maximum atomic E-state index is 8.86. The first-order valence-corrected chi connectivity index (χ1v) is 6.49. The monoisotopic (exact) mass is 333 g/mol. The molecule has 7 heteroatoms. The van der Waals surface area contributed by atoms with Gasteiger partial charge in [0.1, 0.15) is 23.7 Å². The van der Waals surface area contributed by atoms with E-state index in [4.69, 9.17) is 10.00 Å². The molecule has 6 nitrogen and oxygen atoms in total. The standard InChI is InChI=1S/C13H12BrN5O/c1-19(7-15)13-6-12(16-8-17-13)18-10-5-9(14)3-4-11(10)20-2/h3-6,8H,1-2H3,(H,16,17,18). The van der Waals surface area contributed by atoms with E-state index in [1.807, 2.05) is 24.4 Å². The lowest BCUT2D eigenvalue weighted by Gasteiger charge is -2.12. The number of nitrogens with zero attached hydrogens (tertiary/aromatic N) is 4. The average Bonchev–Trinajstić information content (AvgIpc) is 2.47. The Balaban J connectivity index is 2.31. The Labute approximate surface area is 125 Å². The maximum Gasteiger partial charge on any atom is 0.185 e. The van der Waals surface area contributed by atoms with Crippen LogP contribution in [-0.2, 0) is 0 Å². The van der Waals surface area contributed by atoms with Crippen LogP contribution in [0.3, 0.4) is 0 Å². The Morgan fingerprint density at radius 1 is 1.35 bits per heavy atom. The molecule has 0 unspecified atom stereocenters. The molecule has 0 atom stereocenters. The van der Waals surface area contributed by atoms with Crippen LogP contribution in [0.4, 0.5) is 17.3 Å². The van der Waals surface area contributed by atoms with Crippen molar-refractivity contribution in [3.8, 4) is 11.9 Å². The number of anilines is 3. The molecule has 0 saturated carbocycles. The molecule has 0 aliphatic rings. The van der Waals surface area contributed by atoms with Crippen molar-refractivity contribution in [3.05, 3.63) is 35.1 Å². The molecule has 2 rings (SSSR count). The molecule has 0 fully saturated rings. The zero-order valence-corrected chi connectivity index (χ0v) is 12.5. The lowest BCUT2D eigenvalue weighted by Crippen LogP contribution is -2.10. The number of rotatable bonds is 4. The number of benzene rings is 1. The van der Waals surface area contributed by atoms with Crippen molar-refractivity contribution in [2.45, 2.75) is 0 Å². The Bertz CT molecular complexity index is 655. The van der Waals surface area contributed by atoms with Gasteiger partial charge < -0.3 is 10.1 Å². The summed E-state index contributed by atoms with van der Waals surface area (Å²) < 4.78 is 6.20. The summed E-state index contributed by atoms with van der Waals surface area (Å²) in [6.07, 6.45) is 3.39. The second kappa shape index (κ2) is 6.21. The lowest BCUT2D eigenvalue weighted by molar-refractivity contribution is 0.416. The third-order valence-electron chi connectivity index (χ3n) is 2.57. The molecule has 0 amide bonds. The molecule has 102 valence electrons. The normalized spacial score (nSPS) is 9.70. The van der Waals surface area contributed by atoms with Crippen LogP contribution in [0.2, 0.25) is 0 Å². The average molecular weight is 334 g/mol. The topological polar surface area (TPSA) is 74.1 Å².